The van der Waals surface area contributed by atoms with Crippen LogP contribution in [0.1, 0.15) is 60.3 Å². The molecule has 3 aromatic carbocycles. The predicted molar refractivity (Wildman–Crippen MR) is 227 cm³/mol. The Bertz CT molecular complexity index is 2430. The van der Waals surface area contributed by atoms with Crippen molar-refractivity contribution in [1.82, 2.24) is 40.4 Å². The molecule has 0 radical (unpaired) electrons. The average Bonchev–Trinajstić information content (AvgIpc) is 4.14. The Balaban J connectivity index is 0.937. The van der Waals surface area contributed by atoms with Gasteiger partial charge in [0.25, 0.3) is 5.91 Å². The van der Waals surface area contributed by atoms with Crippen molar-refractivity contribution in [2.75, 3.05) is 41.0 Å². The van der Waals surface area contributed by atoms with Crippen LogP contribution in [-0.4, -0.2) is 106 Å². The number of amides is 3. The first kappa shape index (κ1) is 40.7. The van der Waals surface area contributed by atoms with E-state index in [2.05, 4.69) is 81.3 Å². The summed E-state index contributed by atoms with van der Waals surface area (Å²) in [6, 6.07) is 22.9. The van der Waals surface area contributed by atoms with E-state index in [1.165, 1.54) is 32.7 Å². The molecule has 0 bridgehead atoms. The molecule has 5 unspecified atom stereocenters. The second kappa shape index (κ2) is 18.0. The molecule has 5 atom stereocenters. The van der Waals surface area contributed by atoms with Crippen LogP contribution in [0.15, 0.2) is 90.6 Å². The first-order valence-corrected chi connectivity index (χ1v) is 20.8. The van der Waals surface area contributed by atoms with Gasteiger partial charge in [-0.25, -0.2) is 19.6 Å². The van der Waals surface area contributed by atoms with Gasteiger partial charge in [0.2, 0.25) is 0 Å². The second-order valence-corrected chi connectivity index (χ2v) is 16.0. The zero-order chi connectivity index (χ0) is 41.8. The van der Waals surface area contributed by atoms with Crippen molar-refractivity contribution in [2.24, 2.45) is 0 Å². The van der Waals surface area contributed by atoms with Gasteiger partial charge in [0.1, 0.15) is 23.9 Å². The van der Waals surface area contributed by atoms with E-state index in [0.717, 1.165) is 80.8 Å². The fraction of sp³-hybridized carbons (Fsp3) is 0.341. The molecule has 5 heterocycles. The molecular weight excluding hydrogens is 785 g/mol. The van der Waals surface area contributed by atoms with E-state index >= 15 is 0 Å². The summed E-state index contributed by atoms with van der Waals surface area (Å²) in [5, 5.41) is 20.7. The Labute approximate surface area is 351 Å². The molecule has 312 valence electrons. The van der Waals surface area contributed by atoms with Crippen LogP contribution in [0.25, 0.3) is 44.4 Å². The maximum atomic E-state index is 13.8. The third-order valence-electron chi connectivity index (χ3n) is 11.4. The minimum absolute atomic E-state index is 0.128. The minimum Gasteiger partial charge on any atom is -0.453 e. The highest BCUT2D eigenvalue weighted by Gasteiger charge is 2.39. The van der Waals surface area contributed by atoms with Crippen molar-refractivity contribution in [2.45, 2.75) is 56.1 Å². The van der Waals surface area contributed by atoms with Crippen molar-refractivity contribution in [1.29, 1.82) is 0 Å². The summed E-state index contributed by atoms with van der Waals surface area (Å²) in [4.78, 5) is 58.8. The molecule has 5 N–H and O–H groups in total. The van der Waals surface area contributed by atoms with Crippen LogP contribution in [0.3, 0.4) is 0 Å². The topological polar surface area (TPSA) is 187 Å². The van der Waals surface area contributed by atoms with Crippen LogP contribution in [-0.2, 0) is 19.0 Å². The number of carbonyl (C=O) groups excluding carboxylic acids is 3. The molecule has 3 aromatic heterocycles. The molecule has 3 amide bonds. The van der Waals surface area contributed by atoms with Crippen molar-refractivity contribution in [3.63, 3.8) is 0 Å². The molecule has 8 rings (SSSR count). The number of fused-ring (bicyclic) bond motifs is 1. The second-order valence-electron chi connectivity index (χ2n) is 15.0. The van der Waals surface area contributed by atoms with Crippen LogP contribution in [0, 0.1) is 0 Å². The normalized spacial score (nSPS) is 18.3. The molecule has 2 aliphatic rings. The molecule has 0 saturated carbocycles. The number of benzene rings is 3. The van der Waals surface area contributed by atoms with Crippen molar-refractivity contribution in [3.05, 3.63) is 107 Å². The lowest BCUT2D eigenvalue weighted by atomic mass is 9.98. The molecule has 2 saturated heterocycles. The molecule has 2 fully saturated rings. The maximum absolute atomic E-state index is 13.8. The van der Waals surface area contributed by atoms with E-state index in [4.69, 9.17) is 24.2 Å². The summed E-state index contributed by atoms with van der Waals surface area (Å²) < 4.78 is 14.8. The number of alkyl carbamates (subject to hydrolysis) is 2. The number of H-pyrrole nitrogens is 2. The highest BCUT2D eigenvalue weighted by molar-refractivity contribution is 7.10. The van der Waals surface area contributed by atoms with Gasteiger partial charge in [0.05, 0.1) is 62.7 Å². The Morgan fingerprint density at radius 1 is 0.783 bits per heavy atom. The molecular formula is C44H48N8O7S. The standard InChI is InChI=1S/C44H48N8O7S/c1-57-25-34(49-43(55)58-2)41(53)51-18-4-7-35(51)39-46-24-33(48-39)31-17-16-29-21-28(14-15-30(29)22-31)26-10-12-27(13-11-26)32-23-45-40(47-32)36-8-5-19-52(36)42(54)38(50-44(56)59-3)37-9-6-20-60-37/h6,9-17,20-24,34-36,38,41,53H,4-5,7-8,18-19,25H2,1-3H3,(H,45,47)(H,46,48)(H,49,55)(H,50,56). The fourth-order valence-corrected chi connectivity index (χ4v) is 9.10. The number of aliphatic hydroxyl groups excluding tert-OH is 1. The number of thiophene rings is 1. The van der Waals surface area contributed by atoms with Gasteiger partial charge >= 0.3 is 12.2 Å². The monoisotopic (exact) mass is 832 g/mol. The predicted octanol–water partition coefficient (Wildman–Crippen LogP) is 6.94. The van der Waals surface area contributed by atoms with Gasteiger partial charge in [-0.05, 0) is 76.7 Å². The summed E-state index contributed by atoms with van der Waals surface area (Å²) in [7, 11) is 4.09. The number of imidazole rings is 2. The molecule has 2 aliphatic heterocycles. The molecule has 0 spiro atoms. The van der Waals surface area contributed by atoms with E-state index in [1.807, 2.05) is 34.8 Å². The Kier molecular flexibility index (Phi) is 12.2. The quantitative estimate of drug-likeness (QED) is 0.0817. The number of hydrogen-bond donors (Lipinski definition) is 5. The largest absolute Gasteiger partial charge is 0.453 e. The number of methoxy groups -OCH3 is 3. The highest BCUT2D eigenvalue weighted by Crippen LogP contribution is 2.37. The van der Waals surface area contributed by atoms with E-state index in [1.54, 1.807) is 4.90 Å². The number of nitrogens with one attached hydrogen (secondary N) is 4. The zero-order valence-electron chi connectivity index (χ0n) is 33.6. The number of likely N-dealkylation sites (tertiary alicyclic amines) is 2. The third kappa shape index (κ3) is 8.49. The summed E-state index contributed by atoms with van der Waals surface area (Å²) >= 11 is 1.41. The van der Waals surface area contributed by atoms with E-state index < -0.39 is 30.5 Å². The van der Waals surface area contributed by atoms with Gasteiger partial charge in [-0.15, -0.1) is 11.3 Å². The van der Waals surface area contributed by atoms with Crippen molar-refractivity contribution in [3.8, 4) is 33.6 Å². The smallest absolute Gasteiger partial charge is 0.407 e. The van der Waals surface area contributed by atoms with E-state index in [9.17, 15) is 19.5 Å². The third-order valence-corrected chi connectivity index (χ3v) is 12.3. The summed E-state index contributed by atoms with van der Waals surface area (Å²) in [5.41, 5.74) is 5.87. The van der Waals surface area contributed by atoms with Gasteiger partial charge in [0, 0.05) is 30.6 Å². The lowest BCUT2D eigenvalue weighted by molar-refractivity contribution is -0.134. The maximum Gasteiger partial charge on any atom is 0.407 e. The molecule has 6 aromatic rings. The van der Waals surface area contributed by atoms with Gasteiger partial charge in [-0.3, -0.25) is 9.69 Å². The number of ether oxygens (including phenoxy) is 3. The minimum atomic E-state index is -0.989. The number of nitrogens with zero attached hydrogens (tertiary/aromatic N) is 4. The molecule has 60 heavy (non-hydrogen) atoms. The van der Waals surface area contributed by atoms with Crippen LogP contribution in [0.5, 0.6) is 0 Å². The number of aromatic nitrogens is 4. The van der Waals surface area contributed by atoms with Crippen LogP contribution < -0.4 is 10.6 Å². The SMILES string of the molecule is COCC(NC(=O)OC)C(O)N1CCCC1c1ncc(-c2ccc3cc(-c4ccc(-c5cnc(C6CCCN6C(=O)C(NC(=O)OC)c6cccs6)[nH]5)cc4)ccc3c2)[nH]1. The first-order valence-electron chi connectivity index (χ1n) is 19.9. The Hall–Kier alpha value is -6.07. The average molecular weight is 833 g/mol. The van der Waals surface area contributed by atoms with Gasteiger partial charge in [0.15, 0.2) is 0 Å². The van der Waals surface area contributed by atoms with Crippen LogP contribution in [0.2, 0.25) is 0 Å². The van der Waals surface area contributed by atoms with Crippen molar-refractivity contribution < 1.29 is 33.7 Å². The zero-order valence-corrected chi connectivity index (χ0v) is 34.4. The van der Waals surface area contributed by atoms with Gasteiger partial charge in [-0.2, -0.15) is 0 Å². The van der Waals surface area contributed by atoms with Gasteiger partial charge in [-0.1, -0.05) is 54.6 Å². The first-order chi connectivity index (χ1) is 29.2. The molecule has 15 nitrogen and oxygen atoms in total. The number of carbonyl (C=O) groups is 3. The van der Waals surface area contributed by atoms with Crippen LogP contribution >= 0.6 is 11.3 Å². The Morgan fingerprint density at radius 2 is 1.38 bits per heavy atom. The number of hydrogen-bond acceptors (Lipinski definition) is 11. The number of aliphatic hydroxyl groups is 1. The lowest BCUT2D eigenvalue weighted by Gasteiger charge is -2.33. The molecule has 0 aliphatic carbocycles. The number of aromatic amines is 2. The highest BCUT2D eigenvalue weighted by atomic mass is 32.1. The Morgan fingerprint density at radius 3 is 2.07 bits per heavy atom. The van der Waals surface area contributed by atoms with Crippen molar-refractivity contribution >= 4 is 40.2 Å². The summed E-state index contributed by atoms with van der Waals surface area (Å²) in [5.74, 6) is 1.27. The summed E-state index contributed by atoms with van der Waals surface area (Å²) in [6.45, 7) is 1.34. The van der Waals surface area contributed by atoms with Crippen LogP contribution in [0.4, 0.5) is 9.59 Å². The fourth-order valence-electron chi connectivity index (χ4n) is 8.33. The summed E-state index contributed by atoms with van der Waals surface area (Å²) in [6.07, 6.45) is 4.63. The molecule has 16 heteroatoms. The lowest BCUT2D eigenvalue weighted by Crippen LogP contribution is -2.53. The number of rotatable bonds is 13. The van der Waals surface area contributed by atoms with E-state index in [0.29, 0.717) is 18.9 Å². The van der Waals surface area contributed by atoms with E-state index in [-0.39, 0.29) is 24.6 Å². The van der Waals surface area contributed by atoms with Gasteiger partial charge < -0.3 is 44.8 Å².